The summed E-state index contributed by atoms with van der Waals surface area (Å²) in [6.07, 6.45) is 1.06. The first-order chi connectivity index (χ1) is 11.6. The van der Waals surface area contributed by atoms with Crippen molar-refractivity contribution in [2.24, 2.45) is 5.92 Å². The van der Waals surface area contributed by atoms with Crippen molar-refractivity contribution in [2.45, 2.75) is 46.3 Å². The molecule has 0 aliphatic carbocycles. The number of carbonyl (C=O) groups is 1. The third kappa shape index (κ3) is 5.47. The molecule has 1 aromatic rings. The summed E-state index contributed by atoms with van der Waals surface area (Å²) in [5.41, 5.74) is -0.0468. The Balaban J connectivity index is 2.21. The maximum absolute atomic E-state index is 12.1. The van der Waals surface area contributed by atoms with Crippen molar-refractivity contribution < 1.29 is 9.53 Å². The van der Waals surface area contributed by atoms with Crippen LogP contribution in [0, 0.1) is 5.92 Å². The molecule has 140 valence electrons. The topological polar surface area (TPSA) is 57.7 Å². The molecule has 2 heterocycles. The zero-order valence-electron chi connectivity index (χ0n) is 16.0. The van der Waals surface area contributed by atoms with E-state index in [2.05, 4.69) is 41.0 Å². The van der Waals surface area contributed by atoms with Gasteiger partial charge in [-0.3, -0.25) is 5.32 Å². The van der Waals surface area contributed by atoms with E-state index in [1.54, 1.807) is 6.20 Å². The van der Waals surface area contributed by atoms with Crippen molar-refractivity contribution in [1.82, 2.24) is 9.88 Å². The van der Waals surface area contributed by atoms with E-state index in [4.69, 9.17) is 16.3 Å². The minimum Gasteiger partial charge on any atom is -0.444 e. The number of ether oxygens (including phenoxy) is 1. The van der Waals surface area contributed by atoms with Crippen molar-refractivity contribution >= 4 is 29.2 Å². The molecule has 0 radical (unpaired) electrons. The number of piperazine rings is 1. The summed E-state index contributed by atoms with van der Waals surface area (Å²) in [5, 5.41) is 3.12. The molecule has 0 saturated carbocycles. The number of rotatable bonds is 3. The number of hydrogen-bond donors (Lipinski definition) is 1. The van der Waals surface area contributed by atoms with Crippen molar-refractivity contribution in [1.29, 1.82) is 0 Å². The number of nitrogens with zero attached hydrogens (tertiary/aromatic N) is 3. The first kappa shape index (κ1) is 19.8. The summed E-state index contributed by atoms with van der Waals surface area (Å²) >= 11 is 6.21. The van der Waals surface area contributed by atoms with Crippen LogP contribution in [0.25, 0.3) is 0 Å². The summed E-state index contributed by atoms with van der Waals surface area (Å²) < 4.78 is 5.31. The fourth-order valence-corrected chi connectivity index (χ4v) is 3.05. The average molecular weight is 369 g/mol. The molecule has 0 bridgehead atoms. The molecule has 2 rings (SSSR count). The molecular formula is C18H29ClN4O2. The second kappa shape index (κ2) is 7.79. The van der Waals surface area contributed by atoms with Gasteiger partial charge >= 0.3 is 6.09 Å². The number of amides is 1. The highest BCUT2D eigenvalue weighted by molar-refractivity contribution is 6.33. The predicted molar refractivity (Wildman–Crippen MR) is 103 cm³/mol. The zero-order chi connectivity index (χ0) is 18.8. The number of pyridine rings is 1. The Labute approximate surface area is 155 Å². The summed E-state index contributed by atoms with van der Waals surface area (Å²) in [6, 6.07) is 2.19. The summed E-state index contributed by atoms with van der Waals surface area (Å²) in [7, 11) is 2.14. The van der Waals surface area contributed by atoms with E-state index < -0.39 is 11.7 Å². The molecule has 1 fully saturated rings. The van der Waals surface area contributed by atoms with E-state index >= 15 is 0 Å². The quantitative estimate of drug-likeness (QED) is 0.877. The van der Waals surface area contributed by atoms with Gasteiger partial charge in [-0.25, -0.2) is 9.78 Å². The number of nitrogens with one attached hydrogen (secondary N) is 1. The van der Waals surface area contributed by atoms with Gasteiger partial charge in [-0.1, -0.05) is 25.4 Å². The fraction of sp³-hybridized carbons (Fsp3) is 0.667. The molecule has 0 unspecified atom stereocenters. The molecule has 1 aliphatic rings. The van der Waals surface area contributed by atoms with Crippen LogP contribution in [0.2, 0.25) is 5.02 Å². The van der Waals surface area contributed by atoms with Crippen molar-refractivity contribution in [3.8, 4) is 0 Å². The number of likely N-dealkylation sites (N-methyl/N-ethyl adjacent to an activating group) is 1. The van der Waals surface area contributed by atoms with E-state index in [9.17, 15) is 4.79 Å². The van der Waals surface area contributed by atoms with Crippen LogP contribution in [0.4, 0.5) is 16.3 Å². The minimum absolute atomic E-state index is 0.363. The molecular weight excluding hydrogens is 340 g/mol. The maximum Gasteiger partial charge on any atom is 0.412 e. The molecule has 1 atom stereocenters. The lowest BCUT2D eigenvalue weighted by molar-refractivity contribution is 0.0636. The Morgan fingerprint density at radius 3 is 2.68 bits per heavy atom. The van der Waals surface area contributed by atoms with Gasteiger partial charge in [0.1, 0.15) is 11.4 Å². The highest BCUT2D eigenvalue weighted by atomic mass is 35.5. The molecule has 7 heteroatoms. The van der Waals surface area contributed by atoms with Gasteiger partial charge in [0.2, 0.25) is 0 Å². The first-order valence-electron chi connectivity index (χ1n) is 8.67. The summed E-state index contributed by atoms with van der Waals surface area (Å²) in [6.45, 7) is 12.7. The van der Waals surface area contributed by atoms with Crippen LogP contribution in [-0.4, -0.2) is 54.3 Å². The first-order valence-corrected chi connectivity index (χ1v) is 9.05. The van der Waals surface area contributed by atoms with Crippen LogP contribution in [0.15, 0.2) is 12.3 Å². The van der Waals surface area contributed by atoms with Crippen LogP contribution in [0.1, 0.15) is 34.6 Å². The smallest absolute Gasteiger partial charge is 0.412 e. The van der Waals surface area contributed by atoms with E-state index in [0.717, 1.165) is 25.5 Å². The van der Waals surface area contributed by atoms with Gasteiger partial charge in [-0.2, -0.15) is 0 Å². The molecule has 1 amide bonds. The van der Waals surface area contributed by atoms with Gasteiger partial charge in [0.05, 0.1) is 16.9 Å². The lowest BCUT2D eigenvalue weighted by Crippen LogP contribution is -2.54. The lowest BCUT2D eigenvalue weighted by atomic mass is 9.99. The Hall–Kier alpha value is -1.53. The van der Waals surface area contributed by atoms with Gasteiger partial charge in [-0.05, 0) is 33.7 Å². The highest BCUT2D eigenvalue weighted by Gasteiger charge is 2.29. The molecule has 25 heavy (non-hydrogen) atoms. The summed E-state index contributed by atoms with van der Waals surface area (Å²) in [5.74, 6) is 1.31. The summed E-state index contributed by atoms with van der Waals surface area (Å²) in [4.78, 5) is 21.2. The third-order valence-electron chi connectivity index (χ3n) is 4.16. The van der Waals surface area contributed by atoms with Gasteiger partial charge in [0.15, 0.2) is 0 Å². The standard InChI is InChI=1S/C18H29ClN4O2/c1-12(2)15-11-22(6)7-8-23(15)16-9-14(13(19)10-20-16)21-17(24)25-18(3,4)5/h9-10,12,15H,7-8,11H2,1-6H3,(H,20,21,24)/t15-/m1/s1. The zero-order valence-corrected chi connectivity index (χ0v) is 16.7. The SMILES string of the molecule is CC(C)[C@H]1CN(C)CCN1c1cc(NC(=O)OC(C)(C)C)c(Cl)cn1. The predicted octanol–water partition coefficient (Wildman–Crippen LogP) is 3.86. The van der Waals surface area contributed by atoms with E-state index in [1.807, 2.05) is 26.8 Å². The number of aromatic nitrogens is 1. The Morgan fingerprint density at radius 2 is 2.08 bits per heavy atom. The van der Waals surface area contributed by atoms with Crippen LogP contribution >= 0.6 is 11.6 Å². The normalized spacial score (nSPS) is 19.2. The van der Waals surface area contributed by atoms with Crippen LogP contribution in [-0.2, 0) is 4.74 Å². The van der Waals surface area contributed by atoms with Crippen LogP contribution < -0.4 is 10.2 Å². The minimum atomic E-state index is -0.563. The number of halogens is 1. The van der Waals surface area contributed by atoms with Gasteiger partial charge < -0.3 is 14.5 Å². The van der Waals surface area contributed by atoms with E-state index in [1.165, 1.54) is 0 Å². The van der Waals surface area contributed by atoms with Gasteiger partial charge in [0, 0.05) is 31.7 Å². The van der Waals surface area contributed by atoms with Crippen molar-refractivity contribution in [2.75, 3.05) is 36.9 Å². The van der Waals surface area contributed by atoms with Crippen LogP contribution in [0.5, 0.6) is 0 Å². The molecule has 1 aromatic heterocycles. The molecule has 0 aromatic carbocycles. The lowest BCUT2D eigenvalue weighted by Gasteiger charge is -2.43. The number of hydrogen-bond acceptors (Lipinski definition) is 5. The maximum atomic E-state index is 12.1. The van der Waals surface area contributed by atoms with E-state index in [0.29, 0.717) is 22.7 Å². The highest BCUT2D eigenvalue weighted by Crippen LogP contribution is 2.29. The van der Waals surface area contributed by atoms with Crippen molar-refractivity contribution in [3.63, 3.8) is 0 Å². The Kier molecular flexibility index (Phi) is 6.16. The Bertz CT molecular complexity index is 616. The van der Waals surface area contributed by atoms with Crippen LogP contribution in [0.3, 0.4) is 0 Å². The Morgan fingerprint density at radius 1 is 1.40 bits per heavy atom. The third-order valence-corrected chi connectivity index (χ3v) is 4.46. The molecule has 0 spiro atoms. The second-order valence-corrected chi connectivity index (χ2v) is 8.32. The second-order valence-electron chi connectivity index (χ2n) is 7.92. The average Bonchev–Trinajstić information content (AvgIpc) is 2.47. The number of carbonyl (C=O) groups excluding carboxylic acids is 1. The number of anilines is 2. The molecule has 1 N–H and O–H groups in total. The molecule has 1 saturated heterocycles. The largest absolute Gasteiger partial charge is 0.444 e. The van der Waals surface area contributed by atoms with Gasteiger partial charge in [0.25, 0.3) is 0 Å². The monoisotopic (exact) mass is 368 g/mol. The van der Waals surface area contributed by atoms with Crippen molar-refractivity contribution in [3.05, 3.63) is 17.3 Å². The van der Waals surface area contributed by atoms with E-state index in [-0.39, 0.29) is 0 Å². The molecule has 6 nitrogen and oxygen atoms in total. The van der Waals surface area contributed by atoms with Gasteiger partial charge in [-0.15, -0.1) is 0 Å². The fourth-order valence-electron chi connectivity index (χ4n) is 2.90. The molecule has 1 aliphatic heterocycles.